The average molecular weight is 226 g/mol. The number of carbonyl (C=O) groups is 1. The van der Waals surface area contributed by atoms with Crippen molar-refractivity contribution in [1.29, 1.82) is 0 Å². The van der Waals surface area contributed by atoms with E-state index in [-0.39, 0.29) is 5.69 Å². The van der Waals surface area contributed by atoms with Gasteiger partial charge in [-0.05, 0) is 0 Å². The summed E-state index contributed by atoms with van der Waals surface area (Å²) in [6.07, 6.45) is 1.21. The lowest BCUT2D eigenvalue weighted by atomic mass is 10.4. The van der Waals surface area contributed by atoms with Crippen LogP contribution in [-0.4, -0.2) is 26.2 Å². The van der Waals surface area contributed by atoms with E-state index in [1.165, 1.54) is 23.2 Å². The van der Waals surface area contributed by atoms with Crippen LogP contribution < -0.4 is 5.32 Å². The first kappa shape index (κ1) is 9.59. The van der Waals surface area contributed by atoms with Crippen molar-refractivity contribution in [2.45, 2.75) is 6.54 Å². The van der Waals surface area contributed by atoms with Crippen LogP contribution in [-0.2, 0) is 6.54 Å². The normalized spacial score (nSPS) is 10.1. The molecule has 2 N–H and O–H groups in total. The Morgan fingerprint density at radius 3 is 3.13 bits per heavy atom. The van der Waals surface area contributed by atoms with Gasteiger partial charge in [0.25, 0.3) is 0 Å². The summed E-state index contributed by atoms with van der Waals surface area (Å²) in [6.45, 7) is 0.305. The van der Waals surface area contributed by atoms with Crippen LogP contribution in [0.5, 0.6) is 0 Å². The number of anilines is 1. The van der Waals surface area contributed by atoms with E-state index >= 15 is 0 Å². The van der Waals surface area contributed by atoms with Gasteiger partial charge in [0.15, 0.2) is 11.5 Å². The lowest BCUT2D eigenvalue weighted by molar-refractivity contribution is 0.0692. The first-order valence-electron chi connectivity index (χ1n) is 3.93. The lowest BCUT2D eigenvalue weighted by Gasteiger charge is -1.99. The third-order valence-corrected chi connectivity index (χ3v) is 2.37. The van der Waals surface area contributed by atoms with Gasteiger partial charge in [-0.2, -0.15) is 4.98 Å². The highest BCUT2D eigenvalue weighted by molar-refractivity contribution is 7.14. The largest absolute Gasteiger partial charge is 0.476 e. The van der Waals surface area contributed by atoms with E-state index in [2.05, 4.69) is 25.0 Å². The maximum Gasteiger partial charge on any atom is 0.357 e. The Balaban J connectivity index is 2.05. The molecule has 2 heterocycles. The van der Waals surface area contributed by atoms with Crippen molar-refractivity contribution in [3.8, 4) is 0 Å². The smallest absolute Gasteiger partial charge is 0.357 e. The molecule has 7 nitrogen and oxygen atoms in total. The zero-order chi connectivity index (χ0) is 10.7. The molecule has 0 radical (unpaired) electrons. The molecule has 0 amide bonds. The molecule has 2 rings (SSSR count). The van der Waals surface area contributed by atoms with Crippen LogP contribution in [0.1, 0.15) is 16.3 Å². The highest BCUT2D eigenvalue weighted by Gasteiger charge is 2.13. The molecule has 0 saturated heterocycles. The second-order valence-electron chi connectivity index (χ2n) is 2.54. The van der Waals surface area contributed by atoms with Gasteiger partial charge in [0.1, 0.15) is 5.00 Å². The molecule has 2 aromatic rings. The van der Waals surface area contributed by atoms with Gasteiger partial charge in [0, 0.05) is 0 Å². The third-order valence-electron chi connectivity index (χ3n) is 1.58. The van der Waals surface area contributed by atoms with Crippen molar-refractivity contribution in [2.75, 3.05) is 5.32 Å². The van der Waals surface area contributed by atoms with Crippen LogP contribution in [0, 0.1) is 0 Å². The summed E-state index contributed by atoms with van der Waals surface area (Å²) in [5.41, 5.74) is 1.46. The summed E-state index contributed by atoms with van der Waals surface area (Å²) in [5.74, 6) is -0.605. The molecular formula is C7H6N4O3S. The number of carboxylic acid groups (broad SMARTS) is 1. The zero-order valence-electron chi connectivity index (χ0n) is 7.38. The number of carboxylic acids is 1. The predicted molar refractivity (Wildman–Crippen MR) is 50.7 cm³/mol. The number of hydrogen-bond acceptors (Lipinski definition) is 7. The SMILES string of the molecule is O=C(O)c1ncsc1NCc1ncon1. The highest BCUT2D eigenvalue weighted by atomic mass is 32.1. The van der Waals surface area contributed by atoms with E-state index in [0.717, 1.165) is 0 Å². The Morgan fingerprint density at radius 1 is 1.60 bits per heavy atom. The Labute approximate surface area is 87.8 Å². The monoisotopic (exact) mass is 226 g/mol. The second-order valence-corrected chi connectivity index (χ2v) is 3.39. The molecule has 0 saturated carbocycles. The van der Waals surface area contributed by atoms with Crippen LogP contribution in [0.25, 0.3) is 0 Å². The van der Waals surface area contributed by atoms with Gasteiger partial charge in [-0.25, -0.2) is 9.78 Å². The standard InChI is InChI=1S/C7H6N4O3S/c12-7(13)5-6(15-3-10-5)8-1-4-9-2-14-11-4/h2-3,8H,1H2,(H,12,13). The van der Waals surface area contributed by atoms with Gasteiger partial charge >= 0.3 is 5.97 Å². The topological polar surface area (TPSA) is 101 Å². The Morgan fingerprint density at radius 2 is 2.47 bits per heavy atom. The molecule has 0 bridgehead atoms. The van der Waals surface area contributed by atoms with Crippen LogP contribution in [0.3, 0.4) is 0 Å². The van der Waals surface area contributed by atoms with Crippen molar-refractivity contribution in [3.63, 3.8) is 0 Å². The minimum Gasteiger partial charge on any atom is -0.476 e. The number of aromatic carboxylic acids is 1. The molecule has 0 aliphatic heterocycles. The number of aromatic nitrogens is 3. The van der Waals surface area contributed by atoms with Gasteiger partial charge in [0.2, 0.25) is 6.39 Å². The number of hydrogen-bond donors (Lipinski definition) is 2. The molecule has 0 unspecified atom stereocenters. The van der Waals surface area contributed by atoms with Crippen molar-refractivity contribution in [1.82, 2.24) is 15.1 Å². The van der Waals surface area contributed by atoms with Crippen LogP contribution in [0.2, 0.25) is 0 Å². The molecule has 0 fully saturated rings. The zero-order valence-corrected chi connectivity index (χ0v) is 8.19. The fraction of sp³-hybridized carbons (Fsp3) is 0.143. The maximum atomic E-state index is 10.7. The van der Waals surface area contributed by atoms with Crippen LogP contribution in [0.15, 0.2) is 16.4 Å². The van der Waals surface area contributed by atoms with Gasteiger partial charge in [-0.15, -0.1) is 11.3 Å². The highest BCUT2D eigenvalue weighted by Crippen LogP contribution is 2.20. The molecule has 0 aromatic carbocycles. The van der Waals surface area contributed by atoms with Crippen molar-refractivity contribution >= 4 is 22.3 Å². The molecule has 0 aliphatic carbocycles. The summed E-state index contributed by atoms with van der Waals surface area (Å²) in [6, 6.07) is 0. The Bertz CT molecular complexity index is 453. The lowest BCUT2D eigenvalue weighted by Crippen LogP contribution is -2.05. The van der Waals surface area contributed by atoms with Gasteiger partial charge in [-0.3, -0.25) is 0 Å². The van der Waals surface area contributed by atoms with Crippen molar-refractivity contribution in [3.05, 3.63) is 23.4 Å². The quantitative estimate of drug-likeness (QED) is 0.796. The van der Waals surface area contributed by atoms with Crippen LogP contribution >= 0.6 is 11.3 Å². The fourth-order valence-electron chi connectivity index (χ4n) is 0.954. The first-order chi connectivity index (χ1) is 7.27. The minimum atomic E-state index is -1.06. The summed E-state index contributed by atoms with van der Waals surface area (Å²) in [5, 5.41) is 15.7. The van der Waals surface area contributed by atoms with Crippen molar-refractivity contribution < 1.29 is 14.4 Å². The van der Waals surface area contributed by atoms with Gasteiger partial charge < -0.3 is 14.9 Å². The molecule has 0 atom stereocenters. The first-order valence-corrected chi connectivity index (χ1v) is 4.81. The number of nitrogens with one attached hydrogen (secondary N) is 1. The van der Waals surface area contributed by atoms with Gasteiger partial charge in [0.05, 0.1) is 12.1 Å². The molecule has 78 valence electrons. The Hall–Kier alpha value is -1.96. The molecule has 15 heavy (non-hydrogen) atoms. The molecule has 0 spiro atoms. The molecule has 0 aliphatic rings. The average Bonchev–Trinajstić information content (AvgIpc) is 2.86. The molecular weight excluding hydrogens is 220 g/mol. The number of thiazole rings is 1. The fourth-order valence-corrected chi connectivity index (χ4v) is 1.62. The van der Waals surface area contributed by atoms with E-state index in [9.17, 15) is 4.79 Å². The number of nitrogens with zero attached hydrogens (tertiary/aromatic N) is 3. The molecule has 2 aromatic heterocycles. The summed E-state index contributed by atoms with van der Waals surface area (Å²) >= 11 is 1.21. The van der Waals surface area contributed by atoms with E-state index in [0.29, 0.717) is 17.4 Å². The Kier molecular flexibility index (Phi) is 2.59. The van der Waals surface area contributed by atoms with Gasteiger partial charge in [-0.1, -0.05) is 5.16 Å². The van der Waals surface area contributed by atoms with E-state index in [1.54, 1.807) is 0 Å². The van der Waals surface area contributed by atoms with Crippen molar-refractivity contribution in [2.24, 2.45) is 0 Å². The third kappa shape index (κ3) is 2.10. The van der Waals surface area contributed by atoms with E-state index in [4.69, 9.17) is 5.11 Å². The summed E-state index contributed by atoms with van der Waals surface area (Å²) in [7, 11) is 0. The summed E-state index contributed by atoms with van der Waals surface area (Å²) in [4.78, 5) is 18.2. The van der Waals surface area contributed by atoms with Crippen LogP contribution in [0.4, 0.5) is 5.00 Å². The maximum absolute atomic E-state index is 10.7. The minimum absolute atomic E-state index is 0.00324. The molecule has 8 heteroatoms. The summed E-state index contributed by atoms with van der Waals surface area (Å²) < 4.78 is 4.53. The van der Waals surface area contributed by atoms with E-state index < -0.39 is 5.97 Å². The second kappa shape index (κ2) is 4.05. The number of rotatable bonds is 4. The van der Waals surface area contributed by atoms with E-state index in [1.807, 2.05) is 0 Å². The predicted octanol–water partition coefficient (Wildman–Crippen LogP) is 0.836.